The van der Waals surface area contributed by atoms with E-state index in [9.17, 15) is 0 Å². The Balaban J connectivity index is 1.01. The van der Waals surface area contributed by atoms with Crippen LogP contribution in [0.2, 0.25) is 0 Å². The second-order valence-electron chi connectivity index (χ2n) is 16.2. The third-order valence-corrected chi connectivity index (χ3v) is 12.7. The second kappa shape index (κ2) is 14.4. The van der Waals surface area contributed by atoms with E-state index in [1.54, 1.807) is 0 Å². The van der Waals surface area contributed by atoms with E-state index in [4.69, 9.17) is 9.98 Å². The Bertz CT molecular complexity index is 3130. The number of benzene rings is 7. The summed E-state index contributed by atoms with van der Waals surface area (Å²) in [5, 5.41) is 2.62. The summed E-state index contributed by atoms with van der Waals surface area (Å²) in [5.41, 5.74) is 18.4. The molecule has 3 nitrogen and oxygen atoms in total. The van der Waals surface area contributed by atoms with Crippen molar-refractivity contribution in [2.45, 2.75) is 26.2 Å². The van der Waals surface area contributed by atoms with Crippen LogP contribution in [0.4, 0.5) is 5.69 Å². The van der Waals surface area contributed by atoms with Crippen molar-refractivity contribution < 1.29 is 0 Å². The monoisotopic (exact) mass is 757 g/mol. The molecule has 3 atom stereocenters. The summed E-state index contributed by atoms with van der Waals surface area (Å²) >= 11 is 0. The van der Waals surface area contributed by atoms with E-state index in [1.165, 1.54) is 60.5 Å². The summed E-state index contributed by atoms with van der Waals surface area (Å²) < 4.78 is 2.30. The van der Waals surface area contributed by atoms with Gasteiger partial charge in [-0.3, -0.25) is 9.56 Å². The van der Waals surface area contributed by atoms with Crippen molar-refractivity contribution >= 4 is 33.6 Å². The van der Waals surface area contributed by atoms with Gasteiger partial charge in [0.2, 0.25) is 0 Å². The SMILES string of the molecule is CC1=CC2C(c3ccc(CC4C(c5ccccc5)=Nc5ccccc54)cc3)=c3ccccc3=C(c3ccc(-n4c(-c5ccccc5)nc5ccccc54)cc3)C2C=C1C. The van der Waals surface area contributed by atoms with Crippen molar-refractivity contribution in [1.82, 2.24) is 9.55 Å². The molecule has 59 heavy (non-hydrogen) atoms. The Labute approximate surface area is 345 Å². The van der Waals surface area contributed by atoms with Crippen LogP contribution in [0.3, 0.4) is 0 Å². The zero-order chi connectivity index (χ0) is 39.5. The van der Waals surface area contributed by atoms with Gasteiger partial charge in [0, 0.05) is 29.0 Å². The highest BCUT2D eigenvalue weighted by molar-refractivity contribution is 6.10. The number of allylic oxidation sites excluding steroid dienone is 4. The first kappa shape index (κ1) is 35.1. The maximum atomic E-state index is 5.15. The van der Waals surface area contributed by atoms with Gasteiger partial charge < -0.3 is 0 Å². The molecule has 2 aliphatic carbocycles. The summed E-state index contributed by atoms with van der Waals surface area (Å²) in [5.74, 6) is 1.56. The molecule has 282 valence electrons. The highest BCUT2D eigenvalue weighted by Gasteiger charge is 2.34. The maximum absolute atomic E-state index is 5.15. The van der Waals surface area contributed by atoms with Gasteiger partial charge in [-0.1, -0.05) is 175 Å². The van der Waals surface area contributed by atoms with E-state index in [0.29, 0.717) is 0 Å². The van der Waals surface area contributed by atoms with Gasteiger partial charge in [0.05, 0.1) is 22.4 Å². The van der Waals surface area contributed by atoms with Gasteiger partial charge in [0.25, 0.3) is 0 Å². The zero-order valence-corrected chi connectivity index (χ0v) is 33.3. The molecule has 0 N–H and O–H groups in total. The van der Waals surface area contributed by atoms with Gasteiger partial charge >= 0.3 is 0 Å². The van der Waals surface area contributed by atoms with Gasteiger partial charge in [0.15, 0.2) is 0 Å². The first-order chi connectivity index (χ1) is 29.1. The van der Waals surface area contributed by atoms with E-state index in [2.05, 4.69) is 213 Å². The predicted molar refractivity (Wildman–Crippen MR) is 244 cm³/mol. The number of rotatable bonds is 7. The number of para-hydroxylation sites is 3. The first-order valence-electron chi connectivity index (χ1n) is 20.8. The highest BCUT2D eigenvalue weighted by Crippen LogP contribution is 2.44. The van der Waals surface area contributed by atoms with Crippen LogP contribution >= 0.6 is 0 Å². The normalized spacial score (nSPS) is 18.1. The average molecular weight is 758 g/mol. The molecule has 3 unspecified atom stereocenters. The highest BCUT2D eigenvalue weighted by atomic mass is 15.1. The molecular formula is C56H43N3. The zero-order valence-electron chi connectivity index (χ0n) is 33.3. The Morgan fingerprint density at radius 3 is 1.69 bits per heavy atom. The standard InChI is InChI=1S/C56H43N3/c1-36-33-47-48(34-37(36)2)54(40-29-31-43(32-30-40)59-52-24-14-13-23-51(52)58-56(59)42-17-7-4-8-18-42)46-21-10-9-20-45(46)53(47)39-27-25-38(26-28-39)35-49-44-19-11-12-22-50(44)57-55(49)41-15-5-3-6-16-41/h3-34,47-49H,35H2,1-2H3. The lowest BCUT2D eigenvalue weighted by molar-refractivity contribution is 0.673. The van der Waals surface area contributed by atoms with Crippen molar-refractivity contribution in [3.05, 3.63) is 244 Å². The van der Waals surface area contributed by atoms with Gasteiger partial charge in [-0.05, 0) is 100 Å². The average Bonchev–Trinajstić information content (AvgIpc) is 3.86. The molecule has 3 aliphatic rings. The number of aliphatic imine (C=N–C) groups is 1. The second-order valence-corrected chi connectivity index (χ2v) is 16.2. The van der Waals surface area contributed by atoms with E-state index >= 15 is 0 Å². The number of hydrogen-bond donors (Lipinski definition) is 0. The Morgan fingerprint density at radius 1 is 0.492 bits per heavy atom. The number of fused-ring (bicyclic) bond motifs is 4. The Kier molecular flexibility index (Phi) is 8.55. The van der Waals surface area contributed by atoms with Crippen molar-refractivity contribution in [1.29, 1.82) is 0 Å². The molecule has 8 aromatic rings. The third kappa shape index (κ3) is 6.04. The molecule has 7 aromatic carbocycles. The minimum Gasteiger partial charge on any atom is -0.292 e. The molecule has 11 rings (SSSR count). The summed E-state index contributed by atoms with van der Waals surface area (Å²) in [6.45, 7) is 4.53. The van der Waals surface area contributed by atoms with Gasteiger partial charge in [-0.15, -0.1) is 0 Å². The van der Waals surface area contributed by atoms with Crippen LogP contribution in [0.15, 0.2) is 210 Å². The molecule has 0 amide bonds. The number of hydrogen-bond acceptors (Lipinski definition) is 2. The minimum atomic E-state index is 0.197. The number of imidazole rings is 1. The summed E-state index contributed by atoms with van der Waals surface area (Å²) in [6.07, 6.45) is 5.95. The minimum absolute atomic E-state index is 0.197. The van der Waals surface area contributed by atoms with Crippen LogP contribution in [0.5, 0.6) is 0 Å². The molecule has 0 bridgehead atoms. The lowest BCUT2D eigenvalue weighted by Crippen LogP contribution is -2.40. The van der Waals surface area contributed by atoms with Crippen LogP contribution in [0.25, 0.3) is 39.3 Å². The van der Waals surface area contributed by atoms with Crippen molar-refractivity contribution in [3.8, 4) is 17.1 Å². The van der Waals surface area contributed by atoms with E-state index in [1.807, 2.05) is 0 Å². The lowest BCUT2D eigenvalue weighted by Gasteiger charge is -2.35. The van der Waals surface area contributed by atoms with Crippen molar-refractivity contribution in [2.75, 3.05) is 0 Å². The van der Waals surface area contributed by atoms with Crippen molar-refractivity contribution in [3.63, 3.8) is 0 Å². The van der Waals surface area contributed by atoms with E-state index in [0.717, 1.165) is 45.9 Å². The fraction of sp³-hybridized carbons (Fsp3) is 0.107. The van der Waals surface area contributed by atoms with Crippen LogP contribution in [0.1, 0.15) is 47.6 Å². The van der Waals surface area contributed by atoms with Crippen LogP contribution in [0, 0.1) is 11.8 Å². The van der Waals surface area contributed by atoms with Crippen LogP contribution < -0.4 is 10.4 Å². The topological polar surface area (TPSA) is 30.2 Å². The summed E-state index contributed by atoms with van der Waals surface area (Å²) in [6, 6.07) is 65.9. The first-order valence-corrected chi connectivity index (χ1v) is 20.8. The molecule has 0 radical (unpaired) electrons. The molecule has 0 spiro atoms. The predicted octanol–water partition coefficient (Wildman–Crippen LogP) is 11.7. The smallest absolute Gasteiger partial charge is 0.145 e. The molecule has 3 heteroatoms. The quantitative estimate of drug-likeness (QED) is 0.159. The number of aromatic nitrogens is 2. The van der Waals surface area contributed by atoms with Gasteiger partial charge in [0.1, 0.15) is 5.82 Å². The lowest BCUT2D eigenvalue weighted by atomic mass is 9.68. The Morgan fingerprint density at radius 2 is 1.03 bits per heavy atom. The molecule has 2 heterocycles. The third-order valence-electron chi connectivity index (χ3n) is 12.7. The van der Waals surface area contributed by atoms with Crippen molar-refractivity contribution in [2.24, 2.45) is 16.8 Å². The fourth-order valence-electron chi connectivity index (χ4n) is 9.78. The summed E-state index contributed by atoms with van der Waals surface area (Å²) in [4.78, 5) is 10.2. The molecular weight excluding hydrogens is 715 g/mol. The van der Waals surface area contributed by atoms with Crippen LogP contribution in [-0.4, -0.2) is 15.3 Å². The van der Waals surface area contributed by atoms with Crippen LogP contribution in [-0.2, 0) is 6.42 Å². The van der Waals surface area contributed by atoms with E-state index < -0.39 is 0 Å². The fourth-order valence-corrected chi connectivity index (χ4v) is 9.78. The molecule has 0 saturated carbocycles. The Hall–Kier alpha value is -7.10. The molecule has 1 aliphatic heterocycles. The molecule has 0 saturated heterocycles. The summed E-state index contributed by atoms with van der Waals surface area (Å²) in [7, 11) is 0. The largest absolute Gasteiger partial charge is 0.292 e. The maximum Gasteiger partial charge on any atom is 0.145 e. The van der Waals surface area contributed by atoms with Gasteiger partial charge in [-0.25, -0.2) is 4.98 Å². The molecule has 1 aromatic heterocycles. The number of nitrogens with zero attached hydrogens (tertiary/aromatic N) is 3. The van der Waals surface area contributed by atoms with Gasteiger partial charge in [-0.2, -0.15) is 0 Å². The molecule has 0 fully saturated rings. The van der Waals surface area contributed by atoms with E-state index in [-0.39, 0.29) is 17.8 Å².